The molecule has 1 fully saturated rings. The molecular weight excluding hydrogens is 182 g/mol. The molecule has 1 unspecified atom stereocenters. The molecule has 1 saturated heterocycles. The number of hydrogen-bond acceptors (Lipinski definition) is 3. The monoisotopic (exact) mass is 199 g/mol. The van der Waals surface area contributed by atoms with Crippen LogP contribution in [0.3, 0.4) is 0 Å². The van der Waals surface area contributed by atoms with Gasteiger partial charge in [0.05, 0.1) is 6.04 Å². The van der Waals surface area contributed by atoms with Gasteiger partial charge in [0.2, 0.25) is 11.8 Å². The Morgan fingerprint density at radius 1 is 1.50 bits per heavy atom. The third kappa shape index (κ3) is 2.70. The van der Waals surface area contributed by atoms with E-state index < -0.39 is 6.04 Å². The van der Waals surface area contributed by atoms with Crippen molar-refractivity contribution >= 4 is 11.8 Å². The summed E-state index contributed by atoms with van der Waals surface area (Å²) in [5.74, 6) is -0.255. The van der Waals surface area contributed by atoms with Gasteiger partial charge >= 0.3 is 0 Å². The molecule has 2 amide bonds. The number of amides is 2. The van der Waals surface area contributed by atoms with Crippen LogP contribution in [0.15, 0.2) is 0 Å². The van der Waals surface area contributed by atoms with Crippen molar-refractivity contribution in [2.24, 2.45) is 0 Å². The van der Waals surface area contributed by atoms with Crippen molar-refractivity contribution in [3.63, 3.8) is 0 Å². The Hall–Kier alpha value is -1.10. The fourth-order valence-electron chi connectivity index (χ4n) is 1.50. The zero-order valence-electron chi connectivity index (χ0n) is 8.59. The van der Waals surface area contributed by atoms with Crippen LogP contribution in [0.4, 0.5) is 0 Å². The lowest BCUT2D eigenvalue weighted by Crippen LogP contribution is -2.49. The molecule has 0 radical (unpaired) electrons. The topological polar surface area (TPSA) is 70.2 Å². The van der Waals surface area contributed by atoms with Gasteiger partial charge in [-0.1, -0.05) is 0 Å². The van der Waals surface area contributed by atoms with Crippen LogP contribution < -0.4 is 16.0 Å². The first-order valence-corrected chi connectivity index (χ1v) is 4.90. The first-order valence-electron chi connectivity index (χ1n) is 4.90. The summed E-state index contributed by atoms with van der Waals surface area (Å²) in [6.45, 7) is 2.55. The average molecular weight is 199 g/mol. The molecule has 2 atom stereocenters. The Kier molecular flexibility index (Phi) is 3.88. The predicted octanol–water partition coefficient (Wildman–Crippen LogP) is -1.01. The van der Waals surface area contributed by atoms with Gasteiger partial charge in [0, 0.05) is 7.05 Å². The molecule has 0 spiro atoms. The molecule has 0 aromatic heterocycles. The van der Waals surface area contributed by atoms with E-state index >= 15 is 0 Å². The molecular formula is C9H17N3O2. The Balaban J connectivity index is 2.35. The minimum Gasteiger partial charge on any atom is -0.357 e. The molecule has 14 heavy (non-hydrogen) atoms. The molecule has 0 aromatic rings. The summed E-state index contributed by atoms with van der Waals surface area (Å²) >= 11 is 0. The zero-order chi connectivity index (χ0) is 10.6. The minimum absolute atomic E-state index is 0.0846. The molecule has 0 aliphatic carbocycles. The van der Waals surface area contributed by atoms with Crippen molar-refractivity contribution in [3.05, 3.63) is 0 Å². The molecule has 0 aromatic carbocycles. The van der Waals surface area contributed by atoms with Gasteiger partial charge in [-0.2, -0.15) is 0 Å². The Morgan fingerprint density at radius 3 is 2.71 bits per heavy atom. The lowest BCUT2D eigenvalue weighted by Gasteiger charge is -2.15. The summed E-state index contributed by atoms with van der Waals surface area (Å²) in [5, 5.41) is 8.22. The van der Waals surface area contributed by atoms with Crippen LogP contribution in [0.2, 0.25) is 0 Å². The maximum absolute atomic E-state index is 11.5. The van der Waals surface area contributed by atoms with Gasteiger partial charge in [0.25, 0.3) is 0 Å². The van der Waals surface area contributed by atoms with E-state index in [4.69, 9.17) is 0 Å². The van der Waals surface area contributed by atoms with Gasteiger partial charge < -0.3 is 16.0 Å². The summed E-state index contributed by atoms with van der Waals surface area (Å²) in [4.78, 5) is 22.6. The second-order valence-electron chi connectivity index (χ2n) is 3.49. The molecule has 1 aliphatic rings. The number of carbonyl (C=O) groups is 2. The maximum Gasteiger partial charge on any atom is 0.242 e. The Bertz CT molecular complexity index is 224. The lowest BCUT2D eigenvalue weighted by atomic mass is 10.2. The first kappa shape index (κ1) is 11.0. The molecule has 5 nitrogen and oxygen atoms in total. The van der Waals surface area contributed by atoms with Crippen molar-refractivity contribution in [3.8, 4) is 0 Å². The van der Waals surface area contributed by atoms with Crippen molar-refractivity contribution in [2.45, 2.75) is 31.8 Å². The van der Waals surface area contributed by atoms with Crippen LogP contribution >= 0.6 is 0 Å². The summed E-state index contributed by atoms with van der Waals surface area (Å²) < 4.78 is 0. The number of hydrogen-bond donors (Lipinski definition) is 3. The first-order chi connectivity index (χ1) is 6.65. The van der Waals surface area contributed by atoms with E-state index in [9.17, 15) is 9.59 Å². The number of nitrogens with one attached hydrogen (secondary N) is 3. The van der Waals surface area contributed by atoms with Crippen molar-refractivity contribution < 1.29 is 9.59 Å². The molecule has 1 rings (SSSR count). The number of carbonyl (C=O) groups excluding carboxylic acids is 2. The molecule has 3 N–H and O–H groups in total. The fourth-order valence-corrected chi connectivity index (χ4v) is 1.50. The second-order valence-corrected chi connectivity index (χ2v) is 3.49. The molecule has 1 aliphatic heterocycles. The minimum atomic E-state index is -0.463. The van der Waals surface area contributed by atoms with Crippen LogP contribution in [-0.2, 0) is 9.59 Å². The van der Waals surface area contributed by atoms with Gasteiger partial charge in [-0.15, -0.1) is 0 Å². The highest BCUT2D eigenvalue weighted by Crippen LogP contribution is 2.04. The highest BCUT2D eigenvalue weighted by atomic mass is 16.2. The summed E-state index contributed by atoms with van der Waals surface area (Å²) in [6.07, 6.45) is 1.87. The van der Waals surface area contributed by atoms with E-state index in [-0.39, 0.29) is 17.9 Å². The van der Waals surface area contributed by atoms with E-state index in [1.54, 1.807) is 14.0 Å². The third-order valence-electron chi connectivity index (χ3n) is 2.38. The normalized spacial score (nSPS) is 22.9. The highest BCUT2D eigenvalue weighted by molar-refractivity contribution is 5.89. The van der Waals surface area contributed by atoms with Gasteiger partial charge in [-0.25, -0.2) is 0 Å². The largest absolute Gasteiger partial charge is 0.357 e. The zero-order valence-corrected chi connectivity index (χ0v) is 8.59. The quantitative estimate of drug-likeness (QED) is 0.545. The van der Waals surface area contributed by atoms with E-state index in [1.807, 2.05) is 0 Å². The standard InChI is InChI=1S/C9H17N3O2/c1-6(8(13)10-2)12-9(14)7-4-3-5-11-7/h6-7,11H,3-5H2,1-2H3,(H,10,13)(H,12,14)/t6-,7?/m0/s1. The second kappa shape index (κ2) is 4.95. The number of likely N-dealkylation sites (N-methyl/N-ethyl adjacent to an activating group) is 1. The van der Waals surface area contributed by atoms with Gasteiger partial charge in [0.1, 0.15) is 6.04 Å². The van der Waals surface area contributed by atoms with Crippen molar-refractivity contribution in [2.75, 3.05) is 13.6 Å². The molecule has 0 bridgehead atoms. The lowest BCUT2D eigenvalue weighted by molar-refractivity contribution is -0.129. The predicted molar refractivity (Wildman–Crippen MR) is 52.7 cm³/mol. The Morgan fingerprint density at radius 2 is 2.21 bits per heavy atom. The summed E-state index contributed by atoms with van der Waals surface area (Å²) in [5.41, 5.74) is 0. The number of rotatable bonds is 3. The fraction of sp³-hybridized carbons (Fsp3) is 0.778. The van der Waals surface area contributed by atoms with E-state index in [0.717, 1.165) is 19.4 Å². The van der Waals surface area contributed by atoms with Crippen LogP contribution in [0.25, 0.3) is 0 Å². The van der Waals surface area contributed by atoms with Crippen LogP contribution in [0.1, 0.15) is 19.8 Å². The van der Waals surface area contributed by atoms with Gasteiger partial charge in [-0.05, 0) is 26.3 Å². The Labute approximate surface area is 83.6 Å². The van der Waals surface area contributed by atoms with Gasteiger partial charge in [-0.3, -0.25) is 9.59 Å². The van der Waals surface area contributed by atoms with Gasteiger partial charge in [0.15, 0.2) is 0 Å². The van der Waals surface area contributed by atoms with E-state index in [2.05, 4.69) is 16.0 Å². The molecule has 5 heteroatoms. The van der Waals surface area contributed by atoms with Crippen molar-refractivity contribution in [1.82, 2.24) is 16.0 Å². The highest BCUT2D eigenvalue weighted by Gasteiger charge is 2.24. The van der Waals surface area contributed by atoms with Crippen LogP contribution in [0, 0.1) is 0 Å². The van der Waals surface area contributed by atoms with E-state index in [0.29, 0.717) is 0 Å². The van der Waals surface area contributed by atoms with Crippen LogP contribution in [-0.4, -0.2) is 37.5 Å². The average Bonchev–Trinajstić information content (AvgIpc) is 2.69. The maximum atomic E-state index is 11.5. The van der Waals surface area contributed by atoms with Crippen molar-refractivity contribution in [1.29, 1.82) is 0 Å². The molecule has 80 valence electrons. The SMILES string of the molecule is CNC(=O)[C@H](C)NC(=O)C1CCCN1. The molecule has 1 heterocycles. The summed E-state index contributed by atoms with van der Waals surface area (Å²) in [6, 6.07) is -0.586. The van der Waals surface area contributed by atoms with Crippen LogP contribution in [0.5, 0.6) is 0 Å². The summed E-state index contributed by atoms with van der Waals surface area (Å²) in [7, 11) is 1.55. The smallest absolute Gasteiger partial charge is 0.242 e. The van der Waals surface area contributed by atoms with E-state index in [1.165, 1.54) is 0 Å². The third-order valence-corrected chi connectivity index (χ3v) is 2.38. The molecule has 0 saturated carbocycles.